The van der Waals surface area contributed by atoms with Gasteiger partial charge in [0.2, 0.25) is 5.91 Å². The van der Waals surface area contributed by atoms with Crippen LogP contribution in [0.4, 0.5) is 0 Å². The quantitative estimate of drug-likeness (QED) is 0.593. The molecule has 2 atom stereocenters. The van der Waals surface area contributed by atoms with E-state index < -0.39 is 17.6 Å². The van der Waals surface area contributed by atoms with Crippen LogP contribution in [0.2, 0.25) is 0 Å². The maximum atomic E-state index is 12.6. The number of aryl methyl sites for hydroxylation is 1. The second kappa shape index (κ2) is 6.71. The van der Waals surface area contributed by atoms with Gasteiger partial charge in [-0.3, -0.25) is 4.79 Å². The van der Waals surface area contributed by atoms with E-state index in [4.69, 9.17) is 9.15 Å². The molecule has 1 aromatic heterocycles. The van der Waals surface area contributed by atoms with E-state index in [0.29, 0.717) is 23.3 Å². The third kappa shape index (κ3) is 3.14. The van der Waals surface area contributed by atoms with Crippen LogP contribution in [-0.2, 0) is 27.4 Å². The Morgan fingerprint density at radius 3 is 2.96 bits per heavy atom. The maximum absolute atomic E-state index is 12.6. The lowest BCUT2D eigenvalue weighted by atomic mass is 10.1. The van der Waals surface area contributed by atoms with Gasteiger partial charge in [-0.2, -0.15) is 0 Å². The summed E-state index contributed by atoms with van der Waals surface area (Å²) in [5.74, 6) is 0.119. The monoisotopic (exact) mass is 387 g/mol. The van der Waals surface area contributed by atoms with E-state index in [-0.39, 0.29) is 17.4 Å². The van der Waals surface area contributed by atoms with Crippen LogP contribution in [0.3, 0.4) is 0 Å². The average molecular weight is 387 g/mol. The first kappa shape index (κ1) is 18.1. The molecule has 6 nitrogen and oxygen atoms in total. The second-order valence-corrected chi connectivity index (χ2v) is 8.65. The van der Waals surface area contributed by atoms with Crippen LogP contribution < -0.4 is 5.63 Å². The highest BCUT2D eigenvalue weighted by Crippen LogP contribution is 2.47. The van der Waals surface area contributed by atoms with Gasteiger partial charge in [-0.15, -0.1) is 11.8 Å². The van der Waals surface area contributed by atoms with Crippen molar-refractivity contribution in [3.05, 3.63) is 45.8 Å². The normalized spacial score (nSPS) is 24.4. The Hall–Kier alpha value is -2.28. The van der Waals surface area contributed by atoms with Crippen molar-refractivity contribution in [3.63, 3.8) is 0 Å². The molecule has 0 radical (unpaired) electrons. The fraction of sp³-hybridized carbons (Fsp3) is 0.450. The smallest absolute Gasteiger partial charge is 0.336 e. The van der Waals surface area contributed by atoms with Crippen LogP contribution in [0, 0.1) is 0 Å². The summed E-state index contributed by atoms with van der Waals surface area (Å²) >= 11 is 1.63. The van der Waals surface area contributed by atoms with Gasteiger partial charge in [0.25, 0.3) is 0 Å². The fourth-order valence-electron chi connectivity index (χ4n) is 3.85. The Labute approximate surface area is 160 Å². The lowest BCUT2D eigenvalue weighted by molar-refractivity contribution is -0.154. The second-order valence-electron chi connectivity index (χ2n) is 7.15. The number of thioether (sulfide) groups is 1. The standard InChI is InChI=1S/C20H21NO5S/c1-3-12-4-5-14-13(9-18(23)26-16(14)8-12)10-25-19(24)15-11-27-20(2)7-6-17(22)21(15)20/h4-5,8-9,15H,3,6-7,10-11H2,1-2H3/t15-,20-/m1/s1. The summed E-state index contributed by atoms with van der Waals surface area (Å²) < 4.78 is 10.8. The van der Waals surface area contributed by atoms with E-state index in [0.717, 1.165) is 23.8 Å². The summed E-state index contributed by atoms with van der Waals surface area (Å²) in [6.45, 7) is 4.00. The molecular formula is C20H21NO5S. The topological polar surface area (TPSA) is 76.8 Å². The Morgan fingerprint density at radius 1 is 1.37 bits per heavy atom. The molecule has 0 bridgehead atoms. The Kier molecular flexibility index (Phi) is 4.50. The first-order valence-electron chi connectivity index (χ1n) is 9.10. The fourth-order valence-corrected chi connectivity index (χ4v) is 5.27. The molecule has 2 aliphatic rings. The van der Waals surface area contributed by atoms with Crippen LogP contribution in [-0.4, -0.2) is 33.4 Å². The highest BCUT2D eigenvalue weighted by Gasteiger charge is 2.53. The van der Waals surface area contributed by atoms with Gasteiger partial charge in [-0.1, -0.05) is 19.1 Å². The lowest BCUT2D eigenvalue weighted by Crippen LogP contribution is -2.46. The number of hydrogen-bond acceptors (Lipinski definition) is 6. The van der Waals surface area contributed by atoms with E-state index in [1.54, 1.807) is 16.7 Å². The molecule has 2 aromatic rings. The molecule has 2 saturated heterocycles. The third-order valence-corrected chi connectivity index (χ3v) is 6.89. The van der Waals surface area contributed by atoms with Crippen molar-refractivity contribution in [2.75, 3.05) is 5.75 Å². The number of nitrogens with zero attached hydrogens (tertiary/aromatic N) is 1. The molecular weight excluding hydrogens is 366 g/mol. The molecule has 0 saturated carbocycles. The van der Waals surface area contributed by atoms with Gasteiger partial charge in [0.15, 0.2) is 0 Å². The molecule has 2 aliphatic heterocycles. The van der Waals surface area contributed by atoms with E-state index >= 15 is 0 Å². The van der Waals surface area contributed by atoms with Crippen LogP contribution >= 0.6 is 11.8 Å². The van der Waals surface area contributed by atoms with Gasteiger partial charge >= 0.3 is 11.6 Å². The van der Waals surface area contributed by atoms with Crippen LogP contribution in [0.1, 0.15) is 37.8 Å². The molecule has 1 aromatic carbocycles. The first-order valence-corrected chi connectivity index (χ1v) is 10.1. The minimum Gasteiger partial charge on any atom is -0.459 e. The van der Waals surface area contributed by atoms with Crippen molar-refractivity contribution >= 4 is 34.6 Å². The van der Waals surface area contributed by atoms with E-state index in [9.17, 15) is 14.4 Å². The van der Waals surface area contributed by atoms with Gasteiger partial charge in [0, 0.05) is 29.2 Å². The van der Waals surface area contributed by atoms with Crippen LogP contribution in [0.5, 0.6) is 0 Å². The van der Waals surface area contributed by atoms with Gasteiger partial charge in [0.1, 0.15) is 18.2 Å². The molecule has 0 aliphatic carbocycles. The van der Waals surface area contributed by atoms with Gasteiger partial charge < -0.3 is 14.1 Å². The molecule has 3 heterocycles. The molecule has 4 rings (SSSR count). The SMILES string of the molecule is CCc1ccc2c(COC(=O)[C@H]3CS[C@]4(C)CCC(=O)N34)cc(=O)oc2c1. The zero-order chi connectivity index (χ0) is 19.2. The number of ether oxygens (including phenoxy) is 1. The number of amides is 1. The van der Waals surface area contributed by atoms with E-state index in [2.05, 4.69) is 0 Å². The van der Waals surface area contributed by atoms with E-state index in [1.807, 2.05) is 32.0 Å². The lowest BCUT2D eigenvalue weighted by Gasteiger charge is -2.29. The largest absolute Gasteiger partial charge is 0.459 e. The van der Waals surface area contributed by atoms with Gasteiger partial charge in [0.05, 0.1) is 4.87 Å². The number of carbonyl (C=O) groups is 2. The highest BCUT2D eigenvalue weighted by molar-refractivity contribution is 8.01. The number of fused-ring (bicyclic) bond motifs is 2. The molecule has 0 N–H and O–H groups in total. The van der Waals surface area contributed by atoms with Gasteiger partial charge in [-0.05, 0) is 31.4 Å². The zero-order valence-electron chi connectivity index (χ0n) is 15.3. The molecule has 2 fully saturated rings. The summed E-state index contributed by atoms with van der Waals surface area (Å²) in [7, 11) is 0. The Bertz CT molecular complexity index is 984. The van der Waals surface area contributed by atoms with Gasteiger partial charge in [-0.25, -0.2) is 9.59 Å². The van der Waals surface area contributed by atoms with E-state index in [1.165, 1.54) is 6.07 Å². The summed E-state index contributed by atoms with van der Waals surface area (Å²) in [4.78, 5) is 38.1. The minimum atomic E-state index is -0.562. The number of hydrogen-bond donors (Lipinski definition) is 0. The predicted molar refractivity (Wildman–Crippen MR) is 102 cm³/mol. The molecule has 0 unspecified atom stereocenters. The van der Waals surface area contributed by atoms with Crippen LogP contribution in [0.15, 0.2) is 33.5 Å². The van der Waals surface area contributed by atoms with Crippen molar-refractivity contribution in [1.29, 1.82) is 0 Å². The molecule has 0 spiro atoms. The number of rotatable bonds is 4. The summed E-state index contributed by atoms with van der Waals surface area (Å²) in [6.07, 6.45) is 2.06. The summed E-state index contributed by atoms with van der Waals surface area (Å²) in [5, 5.41) is 0.752. The summed E-state index contributed by atoms with van der Waals surface area (Å²) in [6, 6.07) is 6.48. The zero-order valence-corrected chi connectivity index (χ0v) is 16.1. The predicted octanol–water partition coefficient (Wildman–Crippen LogP) is 2.85. The van der Waals surface area contributed by atoms with Crippen molar-refractivity contribution < 1.29 is 18.7 Å². The molecule has 7 heteroatoms. The highest BCUT2D eigenvalue weighted by atomic mass is 32.2. The van der Waals surface area contributed by atoms with Crippen molar-refractivity contribution in [2.24, 2.45) is 0 Å². The Morgan fingerprint density at radius 2 is 2.19 bits per heavy atom. The van der Waals surface area contributed by atoms with Crippen molar-refractivity contribution in [2.45, 2.75) is 50.6 Å². The molecule has 142 valence electrons. The minimum absolute atomic E-state index is 0.00218. The van der Waals surface area contributed by atoms with Crippen molar-refractivity contribution in [1.82, 2.24) is 4.90 Å². The number of esters is 1. The number of benzene rings is 1. The molecule has 27 heavy (non-hydrogen) atoms. The molecule has 1 amide bonds. The van der Waals surface area contributed by atoms with Crippen LogP contribution in [0.25, 0.3) is 11.0 Å². The van der Waals surface area contributed by atoms with Crippen molar-refractivity contribution in [3.8, 4) is 0 Å². The number of carbonyl (C=O) groups excluding carboxylic acids is 2. The Balaban J connectivity index is 1.54. The maximum Gasteiger partial charge on any atom is 0.336 e. The average Bonchev–Trinajstić information content (AvgIpc) is 3.14. The first-order chi connectivity index (χ1) is 12.9. The summed E-state index contributed by atoms with van der Waals surface area (Å²) in [5.41, 5.74) is 1.69. The third-order valence-electron chi connectivity index (χ3n) is 5.39.